The van der Waals surface area contributed by atoms with Crippen molar-refractivity contribution < 1.29 is 0 Å². The third-order valence-corrected chi connectivity index (χ3v) is 3.05. The van der Waals surface area contributed by atoms with E-state index in [1.54, 1.807) is 19.2 Å². The quantitative estimate of drug-likeness (QED) is 0.882. The van der Waals surface area contributed by atoms with Crippen LogP contribution in [0.4, 0.5) is 5.69 Å². The Bertz CT molecular complexity index is 698. The van der Waals surface area contributed by atoms with Crippen LogP contribution in [-0.2, 0) is 14.1 Å². The molecule has 2 rings (SSSR count). The summed E-state index contributed by atoms with van der Waals surface area (Å²) in [7, 11) is 3.17. The molecule has 0 spiro atoms. The van der Waals surface area contributed by atoms with Gasteiger partial charge in [0.1, 0.15) is 0 Å². The molecule has 1 aromatic carbocycles. The Hall–Kier alpha value is -2.04. The molecule has 96 valence electrons. The first-order valence-corrected chi connectivity index (χ1v) is 6.00. The largest absolute Gasteiger partial charge is 0.385 e. The van der Waals surface area contributed by atoms with Gasteiger partial charge in [-0.05, 0) is 24.6 Å². The summed E-state index contributed by atoms with van der Waals surface area (Å²) in [6, 6.07) is 5.49. The molecule has 18 heavy (non-hydrogen) atoms. The first-order valence-electron chi connectivity index (χ1n) is 6.00. The Balaban J connectivity index is 2.70. The molecule has 1 heterocycles. The van der Waals surface area contributed by atoms with E-state index in [1.807, 2.05) is 6.07 Å². The molecule has 0 fully saturated rings. The number of aromatic nitrogens is 2. The second-order valence-corrected chi connectivity index (χ2v) is 4.36. The van der Waals surface area contributed by atoms with Gasteiger partial charge in [-0.3, -0.25) is 13.9 Å². The molecular formula is C13H17N3O2. The van der Waals surface area contributed by atoms with Crippen LogP contribution in [0.2, 0.25) is 0 Å². The van der Waals surface area contributed by atoms with E-state index in [0.717, 1.165) is 23.2 Å². The summed E-state index contributed by atoms with van der Waals surface area (Å²) in [5.41, 5.74) is 1.00. The van der Waals surface area contributed by atoms with E-state index >= 15 is 0 Å². The van der Waals surface area contributed by atoms with Crippen molar-refractivity contribution in [3.63, 3.8) is 0 Å². The maximum Gasteiger partial charge on any atom is 0.330 e. The average Bonchev–Trinajstić information content (AvgIpc) is 2.40. The number of nitrogens with one attached hydrogen (secondary N) is 1. The lowest BCUT2D eigenvalue weighted by atomic mass is 10.2. The molecule has 0 unspecified atom stereocenters. The lowest BCUT2D eigenvalue weighted by Crippen LogP contribution is -2.36. The van der Waals surface area contributed by atoms with Gasteiger partial charge in [-0.15, -0.1) is 0 Å². The maximum absolute atomic E-state index is 12.0. The number of fused-ring (bicyclic) bond motifs is 1. The average molecular weight is 247 g/mol. The van der Waals surface area contributed by atoms with E-state index in [0.29, 0.717) is 10.9 Å². The molecule has 0 radical (unpaired) electrons. The Labute approximate surface area is 105 Å². The van der Waals surface area contributed by atoms with Crippen molar-refractivity contribution in [2.45, 2.75) is 13.3 Å². The van der Waals surface area contributed by atoms with Gasteiger partial charge >= 0.3 is 5.69 Å². The molecule has 1 N–H and O–H groups in total. The number of aryl methyl sites for hydroxylation is 1. The Morgan fingerprint density at radius 2 is 1.89 bits per heavy atom. The Morgan fingerprint density at radius 1 is 1.17 bits per heavy atom. The van der Waals surface area contributed by atoms with E-state index in [1.165, 1.54) is 11.6 Å². The minimum Gasteiger partial charge on any atom is -0.385 e. The standard InChI is InChI=1S/C13H17N3O2/c1-4-7-14-9-5-6-11-10(8-9)12(17)16(3)13(18)15(11)2/h5-6,8,14H,4,7H2,1-3H3. The Kier molecular flexibility index (Phi) is 3.23. The summed E-state index contributed by atoms with van der Waals surface area (Å²) in [6.45, 7) is 2.94. The van der Waals surface area contributed by atoms with Crippen LogP contribution in [0.25, 0.3) is 10.9 Å². The summed E-state index contributed by atoms with van der Waals surface area (Å²) in [4.78, 5) is 23.8. The molecule has 0 aliphatic rings. The van der Waals surface area contributed by atoms with Crippen LogP contribution < -0.4 is 16.6 Å². The first kappa shape index (κ1) is 12.4. The highest BCUT2D eigenvalue weighted by atomic mass is 16.2. The maximum atomic E-state index is 12.0. The molecule has 0 atom stereocenters. The summed E-state index contributed by atoms with van der Waals surface area (Å²) < 4.78 is 2.62. The van der Waals surface area contributed by atoms with Gasteiger partial charge in [-0.1, -0.05) is 6.92 Å². The van der Waals surface area contributed by atoms with E-state index < -0.39 is 0 Å². The third kappa shape index (κ3) is 1.92. The molecule has 0 bridgehead atoms. The molecule has 5 heteroatoms. The predicted molar refractivity (Wildman–Crippen MR) is 73.2 cm³/mol. The molecule has 0 amide bonds. The van der Waals surface area contributed by atoms with Crippen LogP contribution in [0, 0.1) is 0 Å². The van der Waals surface area contributed by atoms with E-state index in [4.69, 9.17) is 0 Å². The van der Waals surface area contributed by atoms with Gasteiger partial charge in [-0.25, -0.2) is 4.79 Å². The molecule has 0 saturated carbocycles. The number of hydrogen-bond donors (Lipinski definition) is 1. The normalized spacial score (nSPS) is 10.8. The molecule has 0 aliphatic heterocycles. The fourth-order valence-electron chi connectivity index (χ4n) is 1.97. The fourth-order valence-corrected chi connectivity index (χ4v) is 1.97. The van der Waals surface area contributed by atoms with Crippen molar-refractivity contribution in [2.75, 3.05) is 11.9 Å². The van der Waals surface area contributed by atoms with Crippen molar-refractivity contribution in [3.8, 4) is 0 Å². The zero-order valence-corrected chi connectivity index (χ0v) is 10.9. The molecule has 0 saturated heterocycles. The monoisotopic (exact) mass is 247 g/mol. The van der Waals surface area contributed by atoms with Gasteiger partial charge in [0.15, 0.2) is 0 Å². The van der Waals surface area contributed by atoms with Crippen molar-refractivity contribution in [1.82, 2.24) is 9.13 Å². The Morgan fingerprint density at radius 3 is 2.56 bits per heavy atom. The second-order valence-electron chi connectivity index (χ2n) is 4.36. The lowest BCUT2D eigenvalue weighted by molar-refractivity contribution is 0.713. The summed E-state index contributed by atoms with van der Waals surface area (Å²) in [6.07, 6.45) is 1.02. The van der Waals surface area contributed by atoms with Crippen LogP contribution in [0.15, 0.2) is 27.8 Å². The molecule has 1 aromatic heterocycles. The zero-order valence-electron chi connectivity index (χ0n) is 10.9. The highest BCUT2D eigenvalue weighted by molar-refractivity contribution is 5.81. The minimum atomic E-state index is -0.304. The molecular weight excluding hydrogens is 230 g/mol. The van der Waals surface area contributed by atoms with Gasteiger partial charge in [0.05, 0.1) is 10.9 Å². The second kappa shape index (κ2) is 4.68. The van der Waals surface area contributed by atoms with Crippen LogP contribution >= 0.6 is 0 Å². The van der Waals surface area contributed by atoms with Crippen molar-refractivity contribution in [3.05, 3.63) is 39.0 Å². The highest BCUT2D eigenvalue weighted by Gasteiger charge is 2.08. The zero-order chi connectivity index (χ0) is 13.3. The van der Waals surface area contributed by atoms with Crippen molar-refractivity contribution >= 4 is 16.6 Å². The number of benzene rings is 1. The third-order valence-electron chi connectivity index (χ3n) is 3.05. The fraction of sp³-hybridized carbons (Fsp3) is 0.385. The van der Waals surface area contributed by atoms with E-state index in [-0.39, 0.29) is 11.2 Å². The van der Waals surface area contributed by atoms with Gasteiger partial charge in [0.2, 0.25) is 0 Å². The number of anilines is 1. The van der Waals surface area contributed by atoms with Gasteiger partial charge in [-0.2, -0.15) is 0 Å². The lowest BCUT2D eigenvalue weighted by Gasteiger charge is -2.09. The predicted octanol–water partition coefficient (Wildman–Crippen LogP) is 1.06. The van der Waals surface area contributed by atoms with E-state index in [2.05, 4.69) is 12.2 Å². The SMILES string of the molecule is CCCNc1ccc2c(c1)c(=O)n(C)c(=O)n2C. The van der Waals surface area contributed by atoms with Crippen LogP contribution in [0.3, 0.4) is 0 Å². The smallest absolute Gasteiger partial charge is 0.330 e. The molecule has 2 aromatic rings. The number of hydrogen-bond acceptors (Lipinski definition) is 3. The first-order chi connectivity index (χ1) is 8.56. The molecule has 5 nitrogen and oxygen atoms in total. The minimum absolute atomic E-state index is 0.256. The van der Waals surface area contributed by atoms with Crippen LogP contribution in [-0.4, -0.2) is 15.7 Å². The summed E-state index contributed by atoms with van der Waals surface area (Å²) in [5, 5.41) is 3.79. The topological polar surface area (TPSA) is 56.0 Å². The van der Waals surface area contributed by atoms with Crippen molar-refractivity contribution in [2.24, 2.45) is 14.1 Å². The summed E-state index contributed by atoms with van der Waals surface area (Å²) in [5.74, 6) is 0. The van der Waals surface area contributed by atoms with Gasteiger partial charge in [0.25, 0.3) is 5.56 Å². The van der Waals surface area contributed by atoms with Crippen LogP contribution in [0.1, 0.15) is 13.3 Å². The summed E-state index contributed by atoms with van der Waals surface area (Å²) >= 11 is 0. The van der Waals surface area contributed by atoms with Crippen molar-refractivity contribution in [1.29, 1.82) is 0 Å². The van der Waals surface area contributed by atoms with Crippen LogP contribution in [0.5, 0.6) is 0 Å². The number of rotatable bonds is 3. The van der Waals surface area contributed by atoms with Gasteiger partial charge in [0, 0.05) is 26.3 Å². The number of nitrogens with zero attached hydrogens (tertiary/aromatic N) is 2. The highest BCUT2D eigenvalue weighted by Crippen LogP contribution is 2.14. The van der Waals surface area contributed by atoms with Gasteiger partial charge < -0.3 is 5.32 Å². The molecule has 0 aliphatic carbocycles. The van der Waals surface area contributed by atoms with E-state index in [9.17, 15) is 9.59 Å².